The van der Waals surface area contributed by atoms with Crippen molar-refractivity contribution in [3.63, 3.8) is 0 Å². The van der Waals surface area contributed by atoms with E-state index in [1.807, 2.05) is 12.1 Å². The third-order valence-electron chi connectivity index (χ3n) is 4.41. The summed E-state index contributed by atoms with van der Waals surface area (Å²) in [7, 11) is 0. The Balaban J connectivity index is 1.47. The first kappa shape index (κ1) is 13.2. The van der Waals surface area contributed by atoms with Gasteiger partial charge in [-0.3, -0.25) is 4.90 Å². The molecule has 0 amide bonds. The fraction of sp³-hybridized carbons (Fsp3) is 0.733. The van der Waals surface area contributed by atoms with Crippen molar-refractivity contribution in [1.29, 1.82) is 0 Å². The van der Waals surface area contributed by atoms with Crippen molar-refractivity contribution >= 4 is 0 Å². The van der Waals surface area contributed by atoms with Crippen LogP contribution in [0.25, 0.3) is 0 Å². The number of furan rings is 1. The highest BCUT2D eigenvalue weighted by atomic mass is 16.5. The van der Waals surface area contributed by atoms with Crippen molar-refractivity contribution in [1.82, 2.24) is 10.2 Å². The number of hydrogen-bond donors (Lipinski definition) is 1. The van der Waals surface area contributed by atoms with Crippen LogP contribution in [0.15, 0.2) is 22.8 Å². The summed E-state index contributed by atoms with van der Waals surface area (Å²) in [6.45, 7) is 6.10. The van der Waals surface area contributed by atoms with Gasteiger partial charge in [0.25, 0.3) is 0 Å². The van der Waals surface area contributed by atoms with E-state index in [4.69, 9.17) is 9.15 Å². The second-order valence-corrected chi connectivity index (χ2v) is 5.70. The zero-order chi connectivity index (χ0) is 13.1. The zero-order valence-corrected chi connectivity index (χ0v) is 11.7. The lowest BCUT2D eigenvalue weighted by Gasteiger charge is -2.41. The van der Waals surface area contributed by atoms with E-state index in [1.54, 1.807) is 6.26 Å². The van der Waals surface area contributed by atoms with Crippen LogP contribution < -0.4 is 5.32 Å². The minimum atomic E-state index is 0.487. The molecular formula is C15H24N2O2. The lowest BCUT2D eigenvalue weighted by Crippen LogP contribution is -2.54. The summed E-state index contributed by atoms with van der Waals surface area (Å²) in [6.07, 6.45) is 6.08. The van der Waals surface area contributed by atoms with Gasteiger partial charge in [0.05, 0.1) is 25.5 Å². The Bertz CT molecular complexity index is 380. The van der Waals surface area contributed by atoms with Gasteiger partial charge < -0.3 is 14.5 Å². The quantitative estimate of drug-likeness (QED) is 0.883. The fourth-order valence-corrected chi connectivity index (χ4v) is 3.44. The molecule has 3 atom stereocenters. The molecule has 1 aromatic rings. The van der Waals surface area contributed by atoms with E-state index in [-0.39, 0.29) is 0 Å². The average Bonchev–Trinajstić information content (AvgIpc) is 3.08. The lowest BCUT2D eigenvalue weighted by atomic mass is 10.1. The number of ether oxygens (including phenoxy) is 1. The van der Waals surface area contributed by atoms with Gasteiger partial charge in [-0.25, -0.2) is 0 Å². The molecule has 0 aromatic carbocycles. The Kier molecular flexibility index (Phi) is 4.21. The third-order valence-corrected chi connectivity index (χ3v) is 4.41. The molecule has 1 aliphatic heterocycles. The monoisotopic (exact) mass is 264 g/mol. The van der Waals surface area contributed by atoms with Gasteiger partial charge in [0, 0.05) is 25.2 Å². The van der Waals surface area contributed by atoms with Crippen LogP contribution in [0.2, 0.25) is 0 Å². The van der Waals surface area contributed by atoms with Crippen LogP contribution in [0, 0.1) is 0 Å². The Morgan fingerprint density at radius 1 is 1.47 bits per heavy atom. The highest BCUT2D eigenvalue weighted by molar-refractivity contribution is 4.98. The van der Waals surface area contributed by atoms with Crippen molar-refractivity contribution < 1.29 is 9.15 Å². The Labute approximate surface area is 115 Å². The second-order valence-electron chi connectivity index (χ2n) is 5.70. The van der Waals surface area contributed by atoms with Crippen LogP contribution in [0.5, 0.6) is 0 Å². The summed E-state index contributed by atoms with van der Waals surface area (Å²) < 4.78 is 11.2. The first-order valence-corrected chi connectivity index (χ1v) is 7.45. The highest BCUT2D eigenvalue weighted by Gasteiger charge is 2.37. The van der Waals surface area contributed by atoms with E-state index in [0.29, 0.717) is 18.2 Å². The maximum Gasteiger partial charge on any atom is 0.117 e. The first-order chi connectivity index (χ1) is 9.34. The molecule has 0 spiro atoms. The van der Waals surface area contributed by atoms with Crippen molar-refractivity contribution in [3.8, 4) is 0 Å². The summed E-state index contributed by atoms with van der Waals surface area (Å²) in [5.74, 6) is 1.01. The molecule has 106 valence electrons. The van der Waals surface area contributed by atoms with Gasteiger partial charge in [0.1, 0.15) is 5.76 Å². The van der Waals surface area contributed by atoms with Gasteiger partial charge in [-0.2, -0.15) is 0 Å². The summed E-state index contributed by atoms with van der Waals surface area (Å²) in [4.78, 5) is 2.64. The minimum Gasteiger partial charge on any atom is -0.468 e. The molecule has 1 saturated carbocycles. The van der Waals surface area contributed by atoms with Gasteiger partial charge in [-0.15, -0.1) is 0 Å². The predicted octanol–water partition coefficient (Wildman–Crippen LogP) is 2.01. The van der Waals surface area contributed by atoms with E-state index in [9.17, 15) is 0 Å². The van der Waals surface area contributed by atoms with Crippen LogP contribution in [0.4, 0.5) is 0 Å². The molecule has 1 aromatic heterocycles. The number of nitrogens with one attached hydrogen (secondary N) is 1. The highest BCUT2D eigenvalue weighted by Crippen LogP contribution is 2.30. The Morgan fingerprint density at radius 3 is 3.26 bits per heavy atom. The number of fused-ring (bicyclic) bond motifs is 1. The maximum atomic E-state index is 5.87. The molecule has 1 N–H and O–H groups in total. The second kappa shape index (κ2) is 6.07. The predicted molar refractivity (Wildman–Crippen MR) is 74.0 cm³/mol. The van der Waals surface area contributed by atoms with Crippen LogP contribution in [0.3, 0.4) is 0 Å². The fourth-order valence-electron chi connectivity index (χ4n) is 3.44. The van der Waals surface area contributed by atoms with Gasteiger partial charge >= 0.3 is 0 Å². The van der Waals surface area contributed by atoms with Gasteiger partial charge in [0.15, 0.2) is 0 Å². The summed E-state index contributed by atoms with van der Waals surface area (Å²) >= 11 is 0. The molecule has 3 rings (SSSR count). The number of rotatable bonds is 5. The van der Waals surface area contributed by atoms with Gasteiger partial charge in [-0.1, -0.05) is 0 Å². The average molecular weight is 264 g/mol. The van der Waals surface area contributed by atoms with Crippen LogP contribution in [-0.4, -0.2) is 42.8 Å². The molecule has 19 heavy (non-hydrogen) atoms. The van der Waals surface area contributed by atoms with Crippen LogP contribution in [0.1, 0.15) is 31.9 Å². The van der Waals surface area contributed by atoms with E-state index >= 15 is 0 Å². The van der Waals surface area contributed by atoms with E-state index in [0.717, 1.165) is 32.0 Å². The molecule has 2 heterocycles. The summed E-state index contributed by atoms with van der Waals surface area (Å²) in [5.41, 5.74) is 0. The standard InChI is InChI=1S/C15H24N2O2/c1-12(10-16-11-13-4-3-8-18-13)17-7-9-19-15-6-2-5-14(15)17/h3-4,8,12,14-16H,2,5-7,9-11H2,1H3. The molecule has 1 aliphatic carbocycles. The SMILES string of the molecule is CC(CNCc1ccco1)N1CCOC2CCCC21. The van der Waals surface area contributed by atoms with E-state index < -0.39 is 0 Å². The molecule has 1 saturated heterocycles. The van der Waals surface area contributed by atoms with Gasteiger partial charge in [0.2, 0.25) is 0 Å². The van der Waals surface area contributed by atoms with Gasteiger partial charge in [-0.05, 0) is 38.3 Å². The molecule has 0 radical (unpaired) electrons. The number of hydrogen-bond acceptors (Lipinski definition) is 4. The topological polar surface area (TPSA) is 37.6 Å². The maximum absolute atomic E-state index is 5.87. The Morgan fingerprint density at radius 2 is 2.42 bits per heavy atom. The normalized spacial score (nSPS) is 29.3. The van der Waals surface area contributed by atoms with Crippen molar-refractivity contribution in [2.75, 3.05) is 19.7 Å². The molecule has 4 heteroatoms. The molecule has 2 fully saturated rings. The molecule has 4 nitrogen and oxygen atoms in total. The van der Waals surface area contributed by atoms with E-state index in [2.05, 4.69) is 17.1 Å². The van der Waals surface area contributed by atoms with Crippen LogP contribution >= 0.6 is 0 Å². The van der Waals surface area contributed by atoms with Crippen LogP contribution in [-0.2, 0) is 11.3 Å². The zero-order valence-electron chi connectivity index (χ0n) is 11.7. The van der Waals surface area contributed by atoms with Crippen molar-refractivity contribution in [2.24, 2.45) is 0 Å². The largest absolute Gasteiger partial charge is 0.468 e. The van der Waals surface area contributed by atoms with E-state index in [1.165, 1.54) is 19.3 Å². The first-order valence-electron chi connectivity index (χ1n) is 7.45. The number of nitrogens with zero attached hydrogens (tertiary/aromatic N) is 1. The molecule has 2 aliphatic rings. The lowest BCUT2D eigenvalue weighted by molar-refractivity contribution is -0.0688. The smallest absolute Gasteiger partial charge is 0.117 e. The van der Waals surface area contributed by atoms with Crippen molar-refractivity contribution in [3.05, 3.63) is 24.2 Å². The Hall–Kier alpha value is -0.840. The molecule has 0 bridgehead atoms. The minimum absolute atomic E-state index is 0.487. The summed E-state index contributed by atoms with van der Waals surface area (Å²) in [6, 6.07) is 5.16. The van der Waals surface area contributed by atoms with Crippen molar-refractivity contribution in [2.45, 2.75) is 50.9 Å². The summed E-state index contributed by atoms with van der Waals surface area (Å²) in [5, 5.41) is 3.49. The third kappa shape index (κ3) is 3.02. The molecular weight excluding hydrogens is 240 g/mol. The number of morpholine rings is 1. The molecule has 3 unspecified atom stereocenters.